The van der Waals surface area contributed by atoms with Gasteiger partial charge in [0.1, 0.15) is 0 Å². The first-order chi connectivity index (χ1) is 11.8. The van der Waals surface area contributed by atoms with Crippen LogP contribution in [0, 0.1) is 0 Å². The molecule has 2 aromatic carbocycles. The Morgan fingerprint density at radius 3 is 2.29 bits per heavy atom. The molecule has 2 heteroatoms. The van der Waals surface area contributed by atoms with Gasteiger partial charge in [0.15, 0.2) is 0 Å². The number of nitrogens with zero attached hydrogens (tertiary/aromatic N) is 2. The molecule has 0 spiro atoms. The van der Waals surface area contributed by atoms with Crippen molar-refractivity contribution in [2.75, 3.05) is 0 Å². The van der Waals surface area contributed by atoms with Crippen LogP contribution in [-0.4, -0.2) is 11.9 Å². The van der Waals surface area contributed by atoms with E-state index < -0.39 is 0 Å². The number of benzene rings is 2. The van der Waals surface area contributed by atoms with E-state index >= 15 is 0 Å². The number of unbranched alkanes of at least 4 members (excludes halogenated alkanes) is 1. The first kappa shape index (κ1) is 18.1. The van der Waals surface area contributed by atoms with E-state index in [4.69, 9.17) is 4.99 Å². The standard InChI is InChI=1S/C22H28N2/c1-4-7-11-22(17-23-20-12-9-8-10-13-20)24-21-15-14-18(5-2)19(6-3)16-21/h8-10,12-17H,4-7,11H2,1-3H3. The second kappa shape index (κ2) is 9.82. The average Bonchev–Trinajstić information content (AvgIpc) is 2.64. The Kier molecular flexibility index (Phi) is 7.41. The van der Waals surface area contributed by atoms with E-state index in [0.29, 0.717) is 0 Å². The Balaban J connectivity index is 2.26. The van der Waals surface area contributed by atoms with Gasteiger partial charge in [-0.25, -0.2) is 0 Å². The average molecular weight is 320 g/mol. The quantitative estimate of drug-likeness (QED) is 0.497. The molecule has 0 aliphatic carbocycles. The monoisotopic (exact) mass is 320 g/mol. The topological polar surface area (TPSA) is 24.7 Å². The van der Waals surface area contributed by atoms with Crippen molar-refractivity contribution in [3.8, 4) is 0 Å². The van der Waals surface area contributed by atoms with Crippen molar-refractivity contribution in [2.24, 2.45) is 9.98 Å². The number of hydrogen-bond donors (Lipinski definition) is 0. The molecule has 2 rings (SSSR count). The van der Waals surface area contributed by atoms with Gasteiger partial charge in [-0.1, -0.05) is 51.5 Å². The maximum atomic E-state index is 4.86. The van der Waals surface area contributed by atoms with Gasteiger partial charge in [0.05, 0.1) is 17.1 Å². The van der Waals surface area contributed by atoms with Crippen molar-refractivity contribution in [2.45, 2.75) is 52.9 Å². The van der Waals surface area contributed by atoms with Crippen LogP contribution in [0.2, 0.25) is 0 Å². The van der Waals surface area contributed by atoms with E-state index in [-0.39, 0.29) is 0 Å². The molecule has 0 N–H and O–H groups in total. The molecule has 2 aromatic rings. The van der Waals surface area contributed by atoms with E-state index in [1.807, 2.05) is 36.5 Å². The molecule has 0 saturated heterocycles. The Bertz CT molecular complexity index is 684. The van der Waals surface area contributed by atoms with Crippen molar-refractivity contribution in [1.29, 1.82) is 0 Å². The van der Waals surface area contributed by atoms with E-state index in [0.717, 1.165) is 49.2 Å². The lowest BCUT2D eigenvalue weighted by atomic mass is 10.0. The van der Waals surface area contributed by atoms with Gasteiger partial charge in [0, 0.05) is 6.21 Å². The van der Waals surface area contributed by atoms with Gasteiger partial charge in [-0.05, 0) is 61.1 Å². The molecule has 0 fully saturated rings. The summed E-state index contributed by atoms with van der Waals surface area (Å²) >= 11 is 0. The fourth-order valence-corrected chi connectivity index (χ4v) is 2.69. The zero-order valence-corrected chi connectivity index (χ0v) is 15.1. The molecule has 0 bridgehead atoms. The van der Waals surface area contributed by atoms with Gasteiger partial charge in [0.25, 0.3) is 0 Å². The molecule has 0 aliphatic heterocycles. The van der Waals surface area contributed by atoms with Crippen molar-refractivity contribution < 1.29 is 0 Å². The number of rotatable bonds is 8. The maximum Gasteiger partial charge on any atom is 0.0636 e. The van der Waals surface area contributed by atoms with Crippen LogP contribution in [0.3, 0.4) is 0 Å². The number of aliphatic imine (C=N–C) groups is 2. The van der Waals surface area contributed by atoms with Crippen LogP contribution in [0.4, 0.5) is 11.4 Å². The molecule has 0 radical (unpaired) electrons. The van der Waals surface area contributed by atoms with Crippen LogP contribution < -0.4 is 0 Å². The van der Waals surface area contributed by atoms with Gasteiger partial charge < -0.3 is 0 Å². The lowest BCUT2D eigenvalue weighted by molar-refractivity contribution is 0.839. The summed E-state index contributed by atoms with van der Waals surface area (Å²) in [5.41, 5.74) is 5.87. The van der Waals surface area contributed by atoms with E-state index in [9.17, 15) is 0 Å². The highest BCUT2D eigenvalue weighted by molar-refractivity contribution is 6.31. The van der Waals surface area contributed by atoms with Gasteiger partial charge in [-0.2, -0.15) is 0 Å². The lowest BCUT2D eigenvalue weighted by Crippen LogP contribution is -2.00. The van der Waals surface area contributed by atoms with Crippen molar-refractivity contribution in [1.82, 2.24) is 0 Å². The van der Waals surface area contributed by atoms with Gasteiger partial charge in [0.2, 0.25) is 0 Å². The van der Waals surface area contributed by atoms with E-state index in [1.165, 1.54) is 11.1 Å². The van der Waals surface area contributed by atoms with Crippen LogP contribution in [0.15, 0.2) is 58.5 Å². The first-order valence-corrected chi connectivity index (χ1v) is 9.05. The van der Waals surface area contributed by atoms with E-state index in [1.54, 1.807) is 0 Å². The van der Waals surface area contributed by atoms with Crippen LogP contribution in [0.5, 0.6) is 0 Å². The second-order valence-electron chi connectivity index (χ2n) is 5.96. The Hall–Kier alpha value is -2.22. The summed E-state index contributed by atoms with van der Waals surface area (Å²) in [6.07, 6.45) is 7.30. The Morgan fingerprint density at radius 2 is 1.62 bits per heavy atom. The highest BCUT2D eigenvalue weighted by atomic mass is 14.8. The molecule has 0 unspecified atom stereocenters. The molecular weight excluding hydrogens is 292 g/mol. The lowest BCUT2D eigenvalue weighted by Gasteiger charge is -2.07. The first-order valence-electron chi connectivity index (χ1n) is 9.05. The summed E-state index contributed by atoms with van der Waals surface area (Å²) in [6.45, 7) is 6.62. The van der Waals surface area contributed by atoms with E-state index in [2.05, 4.69) is 44.0 Å². The largest absolute Gasteiger partial charge is 0.255 e. The summed E-state index contributed by atoms with van der Waals surface area (Å²) in [5.74, 6) is 0. The normalized spacial score (nSPS) is 12.0. The smallest absolute Gasteiger partial charge is 0.0636 e. The molecule has 0 atom stereocenters. The van der Waals surface area contributed by atoms with Crippen LogP contribution >= 0.6 is 0 Å². The molecule has 24 heavy (non-hydrogen) atoms. The summed E-state index contributed by atoms with van der Waals surface area (Å²) < 4.78 is 0. The zero-order valence-electron chi connectivity index (χ0n) is 15.1. The SMILES string of the molecule is CCCCC(C=Nc1ccccc1)=Nc1ccc(CC)c(CC)c1. The third-order valence-corrected chi connectivity index (χ3v) is 4.13. The van der Waals surface area contributed by atoms with Crippen LogP contribution in [0.25, 0.3) is 0 Å². The summed E-state index contributed by atoms with van der Waals surface area (Å²) in [7, 11) is 0. The fraction of sp³-hybridized carbons (Fsp3) is 0.364. The second-order valence-corrected chi connectivity index (χ2v) is 5.96. The summed E-state index contributed by atoms with van der Waals surface area (Å²) in [5, 5.41) is 0. The Labute approximate surface area is 146 Å². The van der Waals surface area contributed by atoms with Crippen molar-refractivity contribution >= 4 is 23.3 Å². The predicted molar refractivity (Wildman–Crippen MR) is 106 cm³/mol. The summed E-state index contributed by atoms with van der Waals surface area (Å²) in [4.78, 5) is 9.44. The predicted octanol–water partition coefficient (Wildman–Crippen LogP) is 6.48. The molecule has 0 saturated carbocycles. The van der Waals surface area contributed by atoms with Gasteiger partial charge in [-0.15, -0.1) is 0 Å². The molecule has 2 nitrogen and oxygen atoms in total. The number of aryl methyl sites for hydroxylation is 2. The van der Waals surface area contributed by atoms with Crippen LogP contribution in [0.1, 0.15) is 51.2 Å². The molecule has 0 amide bonds. The third-order valence-electron chi connectivity index (χ3n) is 4.13. The highest BCUT2D eigenvalue weighted by Gasteiger charge is 2.02. The maximum absolute atomic E-state index is 4.86. The number of hydrogen-bond acceptors (Lipinski definition) is 2. The number of para-hydroxylation sites is 1. The minimum atomic E-state index is 0.962. The minimum absolute atomic E-state index is 0.962. The van der Waals surface area contributed by atoms with Gasteiger partial charge in [-0.3, -0.25) is 9.98 Å². The minimum Gasteiger partial charge on any atom is -0.255 e. The molecule has 0 aliphatic rings. The van der Waals surface area contributed by atoms with Crippen LogP contribution in [-0.2, 0) is 12.8 Å². The van der Waals surface area contributed by atoms with Crippen molar-refractivity contribution in [3.05, 3.63) is 59.7 Å². The fourth-order valence-electron chi connectivity index (χ4n) is 2.69. The molecule has 0 aromatic heterocycles. The zero-order chi connectivity index (χ0) is 17.2. The van der Waals surface area contributed by atoms with Crippen molar-refractivity contribution in [3.63, 3.8) is 0 Å². The van der Waals surface area contributed by atoms with Gasteiger partial charge >= 0.3 is 0 Å². The summed E-state index contributed by atoms with van der Waals surface area (Å²) in [6, 6.07) is 16.6. The highest BCUT2D eigenvalue weighted by Crippen LogP contribution is 2.20. The third kappa shape index (κ3) is 5.45. The molecular formula is C22H28N2. The molecule has 126 valence electrons. The Morgan fingerprint density at radius 1 is 0.875 bits per heavy atom. The molecule has 0 heterocycles.